The summed E-state index contributed by atoms with van der Waals surface area (Å²) in [5.41, 5.74) is 2.35. The number of nitrogens with one attached hydrogen (secondary N) is 1. The van der Waals surface area contributed by atoms with Gasteiger partial charge in [-0.2, -0.15) is 0 Å². The summed E-state index contributed by atoms with van der Waals surface area (Å²) in [4.78, 5) is 0. The van der Waals surface area contributed by atoms with Gasteiger partial charge in [-0.05, 0) is 42.3 Å². The summed E-state index contributed by atoms with van der Waals surface area (Å²) in [6.07, 6.45) is 0. The number of halogens is 1. The Bertz CT molecular complexity index is 584. The molecule has 0 bridgehead atoms. The molecule has 21 heavy (non-hydrogen) atoms. The van der Waals surface area contributed by atoms with Crippen molar-refractivity contribution in [3.8, 4) is 11.5 Å². The molecule has 2 aromatic carbocycles. The van der Waals surface area contributed by atoms with E-state index >= 15 is 0 Å². The van der Waals surface area contributed by atoms with Gasteiger partial charge in [0.15, 0.2) is 11.5 Å². The van der Waals surface area contributed by atoms with Crippen LogP contribution in [-0.4, -0.2) is 14.2 Å². The minimum Gasteiger partial charge on any atom is -0.493 e. The predicted octanol–water partition coefficient (Wildman–Crippen LogP) is 4.21. The van der Waals surface area contributed by atoms with Gasteiger partial charge in [0, 0.05) is 17.6 Å². The minimum absolute atomic E-state index is 0.246. The molecule has 3 nitrogen and oxygen atoms in total. The molecule has 0 aliphatic rings. The smallest absolute Gasteiger partial charge is 0.161 e. The maximum absolute atomic E-state index is 5.91. The molecule has 0 saturated carbocycles. The molecule has 0 heterocycles. The Morgan fingerprint density at radius 2 is 1.67 bits per heavy atom. The fourth-order valence-electron chi connectivity index (χ4n) is 2.13. The fraction of sp³-hybridized carbons (Fsp3) is 0.294. The zero-order valence-electron chi connectivity index (χ0n) is 12.5. The van der Waals surface area contributed by atoms with Crippen LogP contribution in [0, 0.1) is 0 Å². The van der Waals surface area contributed by atoms with Crippen molar-refractivity contribution < 1.29 is 9.47 Å². The molecule has 2 rings (SSSR count). The summed E-state index contributed by atoms with van der Waals surface area (Å²) >= 11 is 5.91. The number of rotatable bonds is 6. The average molecular weight is 306 g/mol. The second kappa shape index (κ2) is 7.34. The highest BCUT2D eigenvalue weighted by molar-refractivity contribution is 6.30. The number of hydrogen-bond donors (Lipinski definition) is 1. The first-order chi connectivity index (χ1) is 10.1. The van der Waals surface area contributed by atoms with Gasteiger partial charge < -0.3 is 14.8 Å². The van der Waals surface area contributed by atoms with Crippen LogP contribution in [0.3, 0.4) is 0 Å². The highest BCUT2D eigenvalue weighted by Crippen LogP contribution is 2.27. The van der Waals surface area contributed by atoms with E-state index in [9.17, 15) is 0 Å². The van der Waals surface area contributed by atoms with Crippen LogP contribution in [0.25, 0.3) is 0 Å². The first kappa shape index (κ1) is 15.7. The van der Waals surface area contributed by atoms with Gasteiger partial charge in [-0.15, -0.1) is 0 Å². The second-order valence-electron chi connectivity index (χ2n) is 4.84. The lowest BCUT2D eigenvalue weighted by atomic mass is 10.1. The molecule has 0 radical (unpaired) electrons. The summed E-state index contributed by atoms with van der Waals surface area (Å²) in [7, 11) is 3.28. The third kappa shape index (κ3) is 4.13. The lowest BCUT2D eigenvalue weighted by Crippen LogP contribution is -2.18. The van der Waals surface area contributed by atoms with E-state index in [4.69, 9.17) is 21.1 Å². The van der Waals surface area contributed by atoms with E-state index in [2.05, 4.69) is 12.2 Å². The van der Waals surface area contributed by atoms with Crippen molar-refractivity contribution in [3.63, 3.8) is 0 Å². The van der Waals surface area contributed by atoms with E-state index < -0.39 is 0 Å². The minimum atomic E-state index is 0.246. The second-order valence-corrected chi connectivity index (χ2v) is 5.28. The van der Waals surface area contributed by atoms with Crippen molar-refractivity contribution in [1.29, 1.82) is 0 Å². The van der Waals surface area contributed by atoms with Gasteiger partial charge in [0.05, 0.1) is 14.2 Å². The highest BCUT2D eigenvalue weighted by atomic mass is 35.5. The number of hydrogen-bond acceptors (Lipinski definition) is 3. The van der Waals surface area contributed by atoms with E-state index in [1.165, 1.54) is 5.56 Å². The van der Waals surface area contributed by atoms with Gasteiger partial charge in [0.2, 0.25) is 0 Å². The normalized spacial score (nSPS) is 12.0. The monoisotopic (exact) mass is 305 g/mol. The third-order valence-corrected chi connectivity index (χ3v) is 3.68. The molecule has 0 saturated heterocycles. The van der Waals surface area contributed by atoms with Crippen LogP contribution < -0.4 is 14.8 Å². The molecule has 1 unspecified atom stereocenters. The Morgan fingerprint density at radius 3 is 2.29 bits per heavy atom. The van der Waals surface area contributed by atoms with Gasteiger partial charge in [0.25, 0.3) is 0 Å². The zero-order valence-corrected chi connectivity index (χ0v) is 13.3. The SMILES string of the molecule is COc1ccc(CNC(C)c2ccc(Cl)cc2)cc1OC. The topological polar surface area (TPSA) is 30.5 Å². The van der Waals surface area contributed by atoms with Crippen molar-refractivity contribution in [2.75, 3.05) is 14.2 Å². The van der Waals surface area contributed by atoms with Crippen LogP contribution in [0.1, 0.15) is 24.1 Å². The van der Waals surface area contributed by atoms with Crippen LogP contribution in [0.4, 0.5) is 0 Å². The number of ether oxygens (including phenoxy) is 2. The predicted molar refractivity (Wildman–Crippen MR) is 86.3 cm³/mol. The lowest BCUT2D eigenvalue weighted by Gasteiger charge is -2.15. The zero-order chi connectivity index (χ0) is 15.2. The van der Waals surface area contributed by atoms with E-state index in [1.807, 2.05) is 42.5 Å². The van der Waals surface area contributed by atoms with Crippen LogP contribution in [-0.2, 0) is 6.54 Å². The van der Waals surface area contributed by atoms with Crippen LogP contribution in [0.2, 0.25) is 5.02 Å². The molecule has 1 N–H and O–H groups in total. The van der Waals surface area contributed by atoms with E-state index in [-0.39, 0.29) is 6.04 Å². The molecule has 0 aliphatic heterocycles. The van der Waals surface area contributed by atoms with Gasteiger partial charge in [-0.3, -0.25) is 0 Å². The molecule has 4 heteroatoms. The number of benzene rings is 2. The van der Waals surface area contributed by atoms with Crippen LogP contribution >= 0.6 is 11.6 Å². The van der Waals surface area contributed by atoms with Gasteiger partial charge in [-0.1, -0.05) is 29.8 Å². The van der Waals surface area contributed by atoms with Gasteiger partial charge in [0.1, 0.15) is 0 Å². The molecule has 0 aromatic heterocycles. The van der Waals surface area contributed by atoms with Crippen molar-refractivity contribution in [3.05, 3.63) is 58.6 Å². The summed E-state index contributed by atoms with van der Waals surface area (Å²) in [5, 5.41) is 4.24. The molecular weight excluding hydrogens is 286 g/mol. The summed E-state index contributed by atoms with van der Waals surface area (Å²) in [6, 6.07) is 14.1. The molecule has 0 spiro atoms. The Hall–Kier alpha value is -1.71. The standard InChI is InChI=1S/C17H20ClNO2/c1-12(14-5-7-15(18)8-6-14)19-11-13-4-9-16(20-2)17(10-13)21-3/h4-10,12,19H,11H2,1-3H3. The van der Waals surface area contributed by atoms with Crippen molar-refractivity contribution >= 4 is 11.6 Å². The van der Waals surface area contributed by atoms with E-state index in [0.29, 0.717) is 0 Å². The molecule has 112 valence electrons. The lowest BCUT2D eigenvalue weighted by molar-refractivity contribution is 0.354. The Balaban J connectivity index is 2.00. The van der Waals surface area contributed by atoms with Gasteiger partial charge in [-0.25, -0.2) is 0 Å². The summed E-state index contributed by atoms with van der Waals surface area (Å²) in [6.45, 7) is 2.88. The van der Waals surface area contributed by atoms with Crippen molar-refractivity contribution in [2.24, 2.45) is 0 Å². The van der Waals surface area contributed by atoms with Crippen molar-refractivity contribution in [1.82, 2.24) is 5.32 Å². The summed E-state index contributed by atoms with van der Waals surface area (Å²) in [5.74, 6) is 1.49. The maximum Gasteiger partial charge on any atom is 0.161 e. The largest absolute Gasteiger partial charge is 0.493 e. The maximum atomic E-state index is 5.91. The van der Waals surface area contributed by atoms with Crippen molar-refractivity contribution in [2.45, 2.75) is 19.5 Å². The molecule has 0 amide bonds. The Morgan fingerprint density at radius 1 is 1.00 bits per heavy atom. The first-order valence-electron chi connectivity index (χ1n) is 6.83. The molecule has 0 aliphatic carbocycles. The van der Waals surface area contributed by atoms with E-state index in [1.54, 1.807) is 14.2 Å². The van der Waals surface area contributed by atoms with E-state index in [0.717, 1.165) is 28.6 Å². The number of methoxy groups -OCH3 is 2. The molecule has 1 atom stereocenters. The fourth-order valence-corrected chi connectivity index (χ4v) is 2.26. The molecule has 2 aromatic rings. The Labute approximate surface area is 130 Å². The average Bonchev–Trinajstić information content (AvgIpc) is 2.52. The first-order valence-corrected chi connectivity index (χ1v) is 7.21. The Kier molecular flexibility index (Phi) is 5.48. The summed E-state index contributed by atoms with van der Waals surface area (Å²) < 4.78 is 10.6. The molecular formula is C17H20ClNO2. The third-order valence-electron chi connectivity index (χ3n) is 3.43. The van der Waals surface area contributed by atoms with Gasteiger partial charge >= 0.3 is 0 Å². The highest BCUT2D eigenvalue weighted by Gasteiger charge is 2.07. The molecule has 0 fully saturated rings. The quantitative estimate of drug-likeness (QED) is 0.867. The van der Waals surface area contributed by atoms with Crippen LogP contribution in [0.5, 0.6) is 11.5 Å². The van der Waals surface area contributed by atoms with Crippen LogP contribution in [0.15, 0.2) is 42.5 Å².